The number of phenolic OH excluding ortho intramolecular Hbond substituents is 1. The summed E-state index contributed by atoms with van der Waals surface area (Å²) in [5.74, 6) is -0.898. The molecular weight excluding hydrogens is 233 g/mol. The van der Waals surface area contributed by atoms with Crippen molar-refractivity contribution in [3.63, 3.8) is 0 Å². The Bertz CT molecular complexity index is 403. The highest BCUT2D eigenvalue weighted by Gasteiger charge is 2.30. The highest BCUT2D eigenvalue weighted by molar-refractivity contribution is 5.33. The maximum Gasteiger partial charge on any atom is 0.165 e. The first-order valence-electron chi connectivity index (χ1n) is 6.49. The normalized spacial score (nSPS) is 18.8. The van der Waals surface area contributed by atoms with Crippen molar-refractivity contribution in [2.24, 2.45) is 0 Å². The first kappa shape index (κ1) is 13.3. The van der Waals surface area contributed by atoms with Crippen LogP contribution in [0.2, 0.25) is 0 Å². The Morgan fingerprint density at radius 1 is 1.22 bits per heavy atom. The molecular formula is C14H20FNO2. The van der Waals surface area contributed by atoms with Crippen LogP contribution in [0.5, 0.6) is 5.75 Å². The molecule has 1 aliphatic rings. The predicted molar refractivity (Wildman–Crippen MR) is 67.8 cm³/mol. The summed E-state index contributed by atoms with van der Waals surface area (Å²) in [7, 11) is 0. The largest absolute Gasteiger partial charge is 0.505 e. The standard InChI is InChI=1S/C14H20FNO2/c15-12-6-4-5-11(13(12)18)9-16-14(10-17)7-2-1-3-8-14/h4-6,16-18H,1-3,7-10H2. The van der Waals surface area contributed by atoms with Crippen LogP contribution in [0.3, 0.4) is 0 Å². The number of aromatic hydroxyl groups is 1. The van der Waals surface area contributed by atoms with E-state index in [0.29, 0.717) is 12.1 Å². The summed E-state index contributed by atoms with van der Waals surface area (Å²) in [4.78, 5) is 0. The van der Waals surface area contributed by atoms with Gasteiger partial charge in [-0.25, -0.2) is 4.39 Å². The van der Waals surface area contributed by atoms with E-state index in [0.717, 1.165) is 25.7 Å². The van der Waals surface area contributed by atoms with E-state index in [4.69, 9.17) is 0 Å². The zero-order valence-electron chi connectivity index (χ0n) is 10.5. The lowest BCUT2D eigenvalue weighted by molar-refractivity contribution is 0.119. The smallest absolute Gasteiger partial charge is 0.165 e. The molecule has 0 spiro atoms. The maximum absolute atomic E-state index is 13.2. The number of halogens is 1. The van der Waals surface area contributed by atoms with Crippen LogP contribution in [0.15, 0.2) is 18.2 Å². The molecule has 0 atom stereocenters. The first-order valence-corrected chi connectivity index (χ1v) is 6.49. The molecule has 3 N–H and O–H groups in total. The van der Waals surface area contributed by atoms with Crippen molar-refractivity contribution in [3.05, 3.63) is 29.6 Å². The van der Waals surface area contributed by atoms with Gasteiger partial charge in [0.2, 0.25) is 0 Å². The Labute approximate surface area is 107 Å². The number of rotatable bonds is 4. The van der Waals surface area contributed by atoms with Gasteiger partial charge in [0.05, 0.1) is 6.61 Å². The van der Waals surface area contributed by atoms with Gasteiger partial charge in [0, 0.05) is 17.6 Å². The molecule has 1 fully saturated rings. The number of aliphatic hydroxyl groups excluding tert-OH is 1. The minimum atomic E-state index is -0.601. The van der Waals surface area contributed by atoms with Crippen LogP contribution in [-0.4, -0.2) is 22.4 Å². The molecule has 2 rings (SSSR count). The molecule has 0 saturated heterocycles. The fourth-order valence-electron chi connectivity index (χ4n) is 2.60. The summed E-state index contributed by atoms with van der Waals surface area (Å²) < 4.78 is 13.2. The first-order chi connectivity index (χ1) is 8.67. The number of benzene rings is 1. The molecule has 4 heteroatoms. The number of hydrogen-bond donors (Lipinski definition) is 3. The number of para-hydroxylation sites is 1. The number of nitrogens with one attached hydrogen (secondary N) is 1. The molecule has 0 radical (unpaired) electrons. The van der Waals surface area contributed by atoms with E-state index >= 15 is 0 Å². The van der Waals surface area contributed by atoms with Gasteiger partial charge in [0.1, 0.15) is 0 Å². The number of hydrogen-bond acceptors (Lipinski definition) is 3. The SMILES string of the molecule is OCC1(NCc2cccc(F)c2O)CCCCC1. The third-order valence-corrected chi connectivity index (χ3v) is 3.84. The highest BCUT2D eigenvalue weighted by atomic mass is 19.1. The summed E-state index contributed by atoms with van der Waals surface area (Å²) in [6, 6.07) is 4.51. The van der Waals surface area contributed by atoms with Gasteiger partial charge in [-0.2, -0.15) is 0 Å². The zero-order valence-corrected chi connectivity index (χ0v) is 10.5. The highest BCUT2D eigenvalue weighted by Crippen LogP contribution is 2.29. The van der Waals surface area contributed by atoms with Crippen LogP contribution in [0.1, 0.15) is 37.7 Å². The second kappa shape index (κ2) is 5.67. The molecule has 0 bridgehead atoms. The Kier molecular flexibility index (Phi) is 4.19. The van der Waals surface area contributed by atoms with Gasteiger partial charge in [-0.3, -0.25) is 0 Å². The monoisotopic (exact) mass is 253 g/mol. The summed E-state index contributed by atoms with van der Waals surface area (Å²) in [5, 5.41) is 22.4. The Morgan fingerprint density at radius 2 is 1.94 bits per heavy atom. The van der Waals surface area contributed by atoms with Crippen LogP contribution >= 0.6 is 0 Å². The minimum absolute atomic E-state index is 0.0864. The lowest BCUT2D eigenvalue weighted by atomic mass is 9.82. The molecule has 1 aromatic rings. The molecule has 0 heterocycles. The van der Waals surface area contributed by atoms with Crippen LogP contribution in [0.4, 0.5) is 4.39 Å². The second-order valence-corrected chi connectivity index (χ2v) is 5.10. The van der Waals surface area contributed by atoms with Crippen molar-refractivity contribution in [2.75, 3.05) is 6.61 Å². The molecule has 0 aliphatic heterocycles. The number of phenols is 1. The van der Waals surface area contributed by atoms with Gasteiger partial charge >= 0.3 is 0 Å². The average Bonchev–Trinajstić information content (AvgIpc) is 2.41. The molecule has 0 amide bonds. The quantitative estimate of drug-likeness (QED) is 0.772. The molecule has 3 nitrogen and oxygen atoms in total. The third-order valence-electron chi connectivity index (χ3n) is 3.84. The van der Waals surface area contributed by atoms with E-state index < -0.39 is 5.82 Å². The van der Waals surface area contributed by atoms with E-state index in [1.54, 1.807) is 12.1 Å². The Hall–Kier alpha value is -1.13. The molecule has 1 aliphatic carbocycles. The van der Waals surface area contributed by atoms with Crippen LogP contribution in [0.25, 0.3) is 0 Å². The van der Waals surface area contributed by atoms with E-state index in [-0.39, 0.29) is 17.9 Å². The molecule has 0 unspecified atom stereocenters. The van der Waals surface area contributed by atoms with Crippen LogP contribution < -0.4 is 5.32 Å². The molecule has 100 valence electrons. The van der Waals surface area contributed by atoms with Gasteiger partial charge in [0.15, 0.2) is 11.6 Å². The van der Waals surface area contributed by atoms with E-state index in [1.165, 1.54) is 12.5 Å². The summed E-state index contributed by atoms with van der Waals surface area (Å²) in [6.45, 7) is 0.466. The van der Waals surface area contributed by atoms with Crippen molar-refractivity contribution < 1.29 is 14.6 Å². The van der Waals surface area contributed by atoms with Crippen molar-refractivity contribution in [1.82, 2.24) is 5.32 Å². The molecule has 1 aromatic carbocycles. The fraction of sp³-hybridized carbons (Fsp3) is 0.571. The fourth-order valence-corrected chi connectivity index (χ4v) is 2.60. The van der Waals surface area contributed by atoms with E-state index in [2.05, 4.69) is 5.32 Å². The van der Waals surface area contributed by atoms with Gasteiger partial charge in [-0.15, -0.1) is 0 Å². The number of aliphatic hydroxyl groups is 1. The van der Waals surface area contributed by atoms with E-state index in [1.807, 2.05) is 0 Å². The summed E-state index contributed by atoms with van der Waals surface area (Å²) in [6.07, 6.45) is 5.26. The zero-order chi connectivity index (χ0) is 13.0. The summed E-state index contributed by atoms with van der Waals surface area (Å²) in [5.41, 5.74) is 0.269. The van der Waals surface area contributed by atoms with Crippen molar-refractivity contribution in [2.45, 2.75) is 44.2 Å². The van der Waals surface area contributed by atoms with Crippen molar-refractivity contribution in [3.8, 4) is 5.75 Å². The van der Waals surface area contributed by atoms with Crippen LogP contribution in [0, 0.1) is 5.82 Å². The van der Waals surface area contributed by atoms with Gasteiger partial charge in [-0.1, -0.05) is 31.4 Å². The summed E-state index contributed by atoms with van der Waals surface area (Å²) >= 11 is 0. The maximum atomic E-state index is 13.2. The molecule has 0 aromatic heterocycles. The average molecular weight is 253 g/mol. The van der Waals surface area contributed by atoms with Gasteiger partial charge in [-0.05, 0) is 18.9 Å². The second-order valence-electron chi connectivity index (χ2n) is 5.10. The minimum Gasteiger partial charge on any atom is -0.505 e. The van der Waals surface area contributed by atoms with Crippen molar-refractivity contribution >= 4 is 0 Å². The predicted octanol–water partition coefficient (Wildman–Crippen LogP) is 2.32. The van der Waals surface area contributed by atoms with Gasteiger partial charge in [0.25, 0.3) is 0 Å². The lowest BCUT2D eigenvalue weighted by Gasteiger charge is -2.36. The Morgan fingerprint density at radius 3 is 2.61 bits per heavy atom. The Balaban J connectivity index is 2.03. The third kappa shape index (κ3) is 2.82. The lowest BCUT2D eigenvalue weighted by Crippen LogP contribution is -2.49. The van der Waals surface area contributed by atoms with Crippen molar-refractivity contribution in [1.29, 1.82) is 0 Å². The van der Waals surface area contributed by atoms with Crippen LogP contribution in [-0.2, 0) is 6.54 Å². The topological polar surface area (TPSA) is 52.5 Å². The molecule has 1 saturated carbocycles. The van der Waals surface area contributed by atoms with E-state index in [9.17, 15) is 14.6 Å². The van der Waals surface area contributed by atoms with Gasteiger partial charge < -0.3 is 15.5 Å². The molecule has 18 heavy (non-hydrogen) atoms.